The molecule has 0 aliphatic rings. The first-order chi connectivity index (χ1) is 14.4. The summed E-state index contributed by atoms with van der Waals surface area (Å²) in [6.07, 6.45) is 1.80. The van der Waals surface area contributed by atoms with Gasteiger partial charge in [0.05, 0.1) is 10.0 Å². The lowest BCUT2D eigenvalue weighted by Gasteiger charge is -2.10. The van der Waals surface area contributed by atoms with E-state index >= 15 is 0 Å². The Morgan fingerprint density at radius 2 is 1.83 bits per heavy atom. The highest BCUT2D eigenvalue weighted by atomic mass is 79.9. The number of hydrogen-bond donors (Lipinski definition) is 1. The van der Waals surface area contributed by atoms with E-state index in [0.29, 0.717) is 28.3 Å². The van der Waals surface area contributed by atoms with Crippen LogP contribution in [0.15, 0.2) is 70.7 Å². The minimum Gasteiger partial charge on any atom is -0.321 e. The fourth-order valence-corrected chi connectivity index (χ4v) is 3.46. The number of benzene rings is 3. The molecule has 0 atom stereocenters. The second-order valence-corrected chi connectivity index (χ2v) is 8.09. The number of hydrogen-bond acceptors (Lipinski definition) is 2. The molecule has 1 amide bonds. The van der Waals surface area contributed by atoms with E-state index in [1.165, 1.54) is 18.2 Å². The molecule has 0 bridgehead atoms. The summed E-state index contributed by atoms with van der Waals surface area (Å²) in [7, 11) is 0. The minimum absolute atomic E-state index is 0.103. The summed E-state index contributed by atoms with van der Waals surface area (Å²) in [4.78, 5) is 12.6. The van der Waals surface area contributed by atoms with Gasteiger partial charge in [0, 0.05) is 16.6 Å². The Balaban J connectivity index is 1.92. The molecule has 150 valence electrons. The summed E-state index contributed by atoms with van der Waals surface area (Å²) in [5.74, 6) is -0.902. The predicted octanol–water partition coefficient (Wildman–Crippen LogP) is 7.03. The van der Waals surface area contributed by atoms with Gasteiger partial charge in [0.25, 0.3) is 5.91 Å². The van der Waals surface area contributed by atoms with Crippen LogP contribution in [0.1, 0.15) is 16.7 Å². The lowest BCUT2D eigenvalue weighted by molar-refractivity contribution is -0.112. The highest BCUT2D eigenvalue weighted by molar-refractivity contribution is 9.10. The summed E-state index contributed by atoms with van der Waals surface area (Å²) < 4.78 is 14.9. The number of nitrogens with one attached hydrogen (secondary N) is 1. The molecule has 3 rings (SSSR count). The molecule has 0 radical (unpaired) electrons. The molecule has 0 aliphatic carbocycles. The number of anilines is 1. The third-order valence-corrected chi connectivity index (χ3v) is 5.52. The van der Waals surface area contributed by atoms with Crippen LogP contribution in [0, 0.1) is 17.1 Å². The van der Waals surface area contributed by atoms with Gasteiger partial charge in [-0.05, 0) is 59.2 Å². The van der Waals surface area contributed by atoms with Crippen molar-refractivity contribution in [2.75, 3.05) is 5.32 Å². The Hall–Kier alpha value is -2.65. The van der Waals surface area contributed by atoms with E-state index in [-0.39, 0.29) is 16.4 Å². The molecular formula is C23H14BrCl2FN2O. The topological polar surface area (TPSA) is 52.9 Å². The van der Waals surface area contributed by atoms with Crippen LogP contribution in [0.3, 0.4) is 0 Å². The molecule has 0 heterocycles. The van der Waals surface area contributed by atoms with Gasteiger partial charge in [0.2, 0.25) is 0 Å². The van der Waals surface area contributed by atoms with E-state index in [1.807, 2.05) is 18.2 Å². The van der Waals surface area contributed by atoms with Crippen LogP contribution >= 0.6 is 39.1 Å². The number of halogens is 4. The Morgan fingerprint density at radius 3 is 2.53 bits per heavy atom. The van der Waals surface area contributed by atoms with Crippen LogP contribution in [-0.4, -0.2) is 5.91 Å². The second-order valence-electron chi connectivity index (χ2n) is 6.36. The number of nitriles is 1. The van der Waals surface area contributed by atoms with Crippen molar-refractivity contribution in [3.05, 3.63) is 103 Å². The van der Waals surface area contributed by atoms with E-state index in [4.69, 9.17) is 23.2 Å². The van der Waals surface area contributed by atoms with Gasteiger partial charge in [-0.2, -0.15) is 5.26 Å². The Bertz CT molecular complexity index is 1190. The highest BCUT2D eigenvalue weighted by Gasteiger charge is 2.13. The Morgan fingerprint density at radius 1 is 1.07 bits per heavy atom. The first-order valence-electron chi connectivity index (χ1n) is 8.77. The van der Waals surface area contributed by atoms with Gasteiger partial charge in [0.15, 0.2) is 0 Å². The van der Waals surface area contributed by atoms with E-state index in [9.17, 15) is 14.4 Å². The number of amides is 1. The van der Waals surface area contributed by atoms with E-state index < -0.39 is 5.91 Å². The van der Waals surface area contributed by atoms with E-state index in [0.717, 1.165) is 10.0 Å². The zero-order valence-corrected chi connectivity index (χ0v) is 18.5. The molecule has 3 nitrogen and oxygen atoms in total. The van der Waals surface area contributed by atoms with Crippen LogP contribution in [0.2, 0.25) is 10.0 Å². The van der Waals surface area contributed by atoms with Crippen molar-refractivity contribution in [3.8, 4) is 6.07 Å². The van der Waals surface area contributed by atoms with Crippen molar-refractivity contribution in [1.29, 1.82) is 5.26 Å². The average Bonchev–Trinajstić information content (AvgIpc) is 2.72. The fourth-order valence-electron chi connectivity index (χ4n) is 2.78. The molecule has 3 aromatic carbocycles. The molecular weight excluding hydrogens is 490 g/mol. The molecule has 0 saturated carbocycles. The SMILES string of the molecule is N#C/C(=C\c1cc(Br)ccc1Cc1ccccc1F)C(=O)Nc1ccc(Cl)c(Cl)c1. The lowest BCUT2D eigenvalue weighted by Crippen LogP contribution is -2.13. The van der Waals surface area contributed by atoms with Crippen LogP contribution in [0.5, 0.6) is 0 Å². The normalized spacial score (nSPS) is 11.1. The summed E-state index contributed by atoms with van der Waals surface area (Å²) in [5, 5.41) is 12.8. The van der Waals surface area contributed by atoms with Crippen molar-refractivity contribution in [2.45, 2.75) is 6.42 Å². The lowest BCUT2D eigenvalue weighted by atomic mass is 9.98. The van der Waals surface area contributed by atoms with Gasteiger partial charge < -0.3 is 5.32 Å². The van der Waals surface area contributed by atoms with Gasteiger partial charge in [-0.25, -0.2) is 4.39 Å². The molecule has 3 aromatic rings. The maximum absolute atomic E-state index is 14.1. The summed E-state index contributed by atoms with van der Waals surface area (Å²) in [6, 6.07) is 18.5. The van der Waals surface area contributed by atoms with Gasteiger partial charge in [-0.1, -0.05) is 63.4 Å². The first kappa shape index (κ1) is 22.0. The van der Waals surface area contributed by atoms with Crippen molar-refractivity contribution < 1.29 is 9.18 Å². The average molecular weight is 504 g/mol. The van der Waals surface area contributed by atoms with Crippen molar-refractivity contribution >= 4 is 56.8 Å². The van der Waals surface area contributed by atoms with Gasteiger partial charge in [-0.3, -0.25) is 4.79 Å². The van der Waals surface area contributed by atoms with Crippen molar-refractivity contribution in [2.24, 2.45) is 0 Å². The van der Waals surface area contributed by atoms with Crippen LogP contribution in [0.25, 0.3) is 6.08 Å². The van der Waals surface area contributed by atoms with E-state index in [2.05, 4.69) is 21.2 Å². The van der Waals surface area contributed by atoms with Gasteiger partial charge >= 0.3 is 0 Å². The maximum atomic E-state index is 14.1. The molecule has 0 spiro atoms. The van der Waals surface area contributed by atoms with Crippen molar-refractivity contribution in [1.82, 2.24) is 0 Å². The highest BCUT2D eigenvalue weighted by Crippen LogP contribution is 2.26. The molecule has 0 unspecified atom stereocenters. The number of rotatable bonds is 5. The number of carbonyl (C=O) groups is 1. The van der Waals surface area contributed by atoms with Crippen molar-refractivity contribution in [3.63, 3.8) is 0 Å². The summed E-state index contributed by atoms with van der Waals surface area (Å²) in [6.45, 7) is 0. The molecule has 7 heteroatoms. The van der Waals surface area contributed by atoms with Gasteiger partial charge in [0.1, 0.15) is 17.5 Å². The smallest absolute Gasteiger partial charge is 0.266 e. The zero-order chi connectivity index (χ0) is 21.7. The Labute approximate surface area is 191 Å². The minimum atomic E-state index is -0.590. The first-order valence-corrected chi connectivity index (χ1v) is 10.3. The summed E-state index contributed by atoms with van der Waals surface area (Å²) >= 11 is 15.3. The molecule has 0 aliphatic heterocycles. The maximum Gasteiger partial charge on any atom is 0.266 e. The number of carbonyl (C=O) groups excluding carboxylic acids is 1. The monoisotopic (exact) mass is 502 g/mol. The second kappa shape index (κ2) is 9.90. The third kappa shape index (κ3) is 5.48. The van der Waals surface area contributed by atoms with Crippen LogP contribution in [-0.2, 0) is 11.2 Å². The van der Waals surface area contributed by atoms with Gasteiger partial charge in [-0.15, -0.1) is 0 Å². The molecule has 1 N–H and O–H groups in total. The number of nitrogens with zero attached hydrogens (tertiary/aromatic N) is 1. The van der Waals surface area contributed by atoms with Crippen LogP contribution in [0.4, 0.5) is 10.1 Å². The standard InChI is InChI=1S/C23H14BrCl2FN2O/c24-18-6-5-14(9-15-3-1-2-4-22(15)27)16(11-18)10-17(13-28)23(30)29-19-7-8-20(25)21(26)12-19/h1-8,10-12H,9H2,(H,29,30)/b17-10+. The third-order valence-electron chi connectivity index (χ3n) is 4.29. The zero-order valence-electron chi connectivity index (χ0n) is 15.4. The largest absolute Gasteiger partial charge is 0.321 e. The molecule has 0 aromatic heterocycles. The molecule has 0 fully saturated rings. The molecule has 0 saturated heterocycles. The quantitative estimate of drug-likeness (QED) is 0.300. The Kier molecular flexibility index (Phi) is 7.28. The molecule has 30 heavy (non-hydrogen) atoms. The van der Waals surface area contributed by atoms with E-state index in [1.54, 1.807) is 36.4 Å². The summed E-state index contributed by atoms with van der Waals surface area (Å²) in [5.41, 5.74) is 2.24. The van der Waals surface area contributed by atoms with Crippen LogP contribution < -0.4 is 5.32 Å². The fraction of sp³-hybridized carbons (Fsp3) is 0.0435. The predicted molar refractivity (Wildman–Crippen MR) is 122 cm³/mol.